The normalized spacial score (nSPS) is 16.9. The smallest absolute Gasteiger partial charge is 0.230 e. The summed E-state index contributed by atoms with van der Waals surface area (Å²) >= 11 is 0. The first kappa shape index (κ1) is 15.6. The number of aryl methyl sites for hydroxylation is 2. The molecule has 1 N–H and O–H groups in total. The van der Waals surface area contributed by atoms with Gasteiger partial charge in [0.25, 0.3) is 0 Å². The second-order valence-corrected chi connectivity index (χ2v) is 6.73. The van der Waals surface area contributed by atoms with E-state index in [2.05, 4.69) is 64.2 Å². The lowest BCUT2D eigenvalue weighted by atomic mass is 9.98. The van der Waals surface area contributed by atoms with Crippen molar-refractivity contribution in [3.63, 3.8) is 0 Å². The Labute approximate surface area is 137 Å². The van der Waals surface area contributed by atoms with Crippen LogP contribution >= 0.6 is 0 Å². The Morgan fingerprint density at radius 3 is 2.65 bits per heavy atom. The fraction of sp³-hybridized carbons (Fsp3) is 0.444. The van der Waals surface area contributed by atoms with Gasteiger partial charge in [-0.1, -0.05) is 19.1 Å². The Balaban J connectivity index is 1.99. The summed E-state index contributed by atoms with van der Waals surface area (Å²) in [6.45, 7) is 10.4. The number of nitrogens with zero attached hydrogens (tertiary/aromatic N) is 4. The molecular weight excluding hydrogens is 286 g/mol. The first-order chi connectivity index (χ1) is 10.9. The Bertz CT molecular complexity index is 818. The minimum absolute atomic E-state index is 0.143. The standard InChI is InChI=1S/C18H23N5/c1-6-13-7-8-14-12(3)20-16(21-15(14)9-13)22-17-19-11(2)10-18(4,5)23-17/h7-9H,6,10H2,1-5H3,(H,20,21,22,23). The molecule has 5 heteroatoms. The summed E-state index contributed by atoms with van der Waals surface area (Å²) in [5.41, 5.74) is 4.10. The van der Waals surface area contributed by atoms with Crippen molar-refractivity contribution in [3.8, 4) is 0 Å². The van der Waals surface area contributed by atoms with Crippen LogP contribution in [0.5, 0.6) is 0 Å². The predicted octanol–water partition coefficient (Wildman–Crippen LogP) is 3.91. The van der Waals surface area contributed by atoms with Crippen molar-refractivity contribution in [3.05, 3.63) is 29.5 Å². The number of hydrogen-bond donors (Lipinski definition) is 1. The van der Waals surface area contributed by atoms with Crippen LogP contribution in [0.1, 0.15) is 45.4 Å². The number of hydrogen-bond acceptors (Lipinski definition) is 5. The molecule has 0 saturated heterocycles. The number of rotatable bonds is 2. The van der Waals surface area contributed by atoms with Gasteiger partial charge in [-0.3, -0.25) is 5.32 Å². The largest absolute Gasteiger partial charge is 0.293 e. The van der Waals surface area contributed by atoms with Gasteiger partial charge in [0, 0.05) is 17.5 Å². The Hall–Kier alpha value is -2.30. The molecule has 2 heterocycles. The van der Waals surface area contributed by atoms with E-state index in [9.17, 15) is 0 Å². The molecule has 23 heavy (non-hydrogen) atoms. The third kappa shape index (κ3) is 3.38. The van der Waals surface area contributed by atoms with Gasteiger partial charge >= 0.3 is 0 Å². The monoisotopic (exact) mass is 309 g/mol. The van der Waals surface area contributed by atoms with E-state index >= 15 is 0 Å². The van der Waals surface area contributed by atoms with Gasteiger partial charge in [-0.05, 0) is 45.7 Å². The van der Waals surface area contributed by atoms with E-state index in [4.69, 9.17) is 0 Å². The van der Waals surface area contributed by atoms with E-state index in [1.54, 1.807) is 0 Å². The molecular formula is C18H23N5. The summed E-state index contributed by atoms with van der Waals surface area (Å²) in [6, 6.07) is 6.35. The van der Waals surface area contributed by atoms with E-state index in [0.29, 0.717) is 11.9 Å². The molecule has 1 aliphatic rings. The topological polar surface area (TPSA) is 62.5 Å². The summed E-state index contributed by atoms with van der Waals surface area (Å²) < 4.78 is 0. The number of fused-ring (bicyclic) bond motifs is 1. The summed E-state index contributed by atoms with van der Waals surface area (Å²) in [7, 11) is 0. The molecule has 0 amide bonds. The van der Waals surface area contributed by atoms with Crippen molar-refractivity contribution in [2.75, 3.05) is 5.32 Å². The number of nitrogens with one attached hydrogen (secondary N) is 1. The average molecular weight is 309 g/mol. The zero-order valence-corrected chi connectivity index (χ0v) is 14.4. The lowest BCUT2D eigenvalue weighted by molar-refractivity contribution is 0.538. The summed E-state index contributed by atoms with van der Waals surface area (Å²) in [4.78, 5) is 18.3. The molecule has 0 saturated carbocycles. The molecule has 120 valence electrons. The summed E-state index contributed by atoms with van der Waals surface area (Å²) in [5, 5.41) is 4.26. The lowest BCUT2D eigenvalue weighted by Crippen LogP contribution is -2.30. The zero-order valence-electron chi connectivity index (χ0n) is 14.4. The quantitative estimate of drug-likeness (QED) is 0.914. The Morgan fingerprint density at radius 1 is 1.17 bits per heavy atom. The van der Waals surface area contributed by atoms with Crippen molar-refractivity contribution >= 4 is 28.5 Å². The van der Waals surface area contributed by atoms with E-state index < -0.39 is 0 Å². The minimum atomic E-state index is -0.143. The third-order valence-electron chi connectivity index (χ3n) is 3.98. The van der Waals surface area contributed by atoms with Gasteiger partial charge < -0.3 is 0 Å². The third-order valence-corrected chi connectivity index (χ3v) is 3.98. The van der Waals surface area contributed by atoms with Gasteiger partial charge in [-0.15, -0.1) is 0 Å². The molecule has 5 nitrogen and oxygen atoms in total. The molecule has 0 radical (unpaired) electrons. The maximum absolute atomic E-state index is 4.64. The van der Waals surface area contributed by atoms with E-state index in [0.717, 1.165) is 35.2 Å². The molecule has 0 fully saturated rings. The number of aliphatic imine (C=N–C) groups is 2. The van der Waals surface area contributed by atoms with Crippen LogP contribution in [-0.4, -0.2) is 27.2 Å². The second kappa shape index (κ2) is 5.72. The molecule has 0 spiro atoms. The molecule has 2 aromatic rings. The van der Waals surface area contributed by atoms with Crippen LogP contribution in [-0.2, 0) is 6.42 Å². The first-order valence-electron chi connectivity index (χ1n) is 8.04. The van der Waals surface area contributed by atoms with E-state index in [1.165, 1.54) is 5.56 Å². The molecule has 0 atom stereocenters. The van der Waals surface area contributed by atoms with Crippen LogP contribution in [0.3, 0.4) is 0 Å². The van der Waals surface area contributed by atoms with Crippen LogP contribution in [0.4, 0.5) is 5.95 Å². The molecule has 0 unspecified atom stereocenters. The molecule has 1 aromatic heterocycles. The van der Waals surface area contributed by atoms with Gasteiger partial charge in [0.05, 0.1) is 16.7 Å². The molecule has 1 aliphatic heterocycles. The maximum Gasteiger partial charge on any atom is 0.230 e. The zero-order chi connectivity index (χ0) is 16.6. The van der Waals surface area contributed by atoms with Crippen molar-refractivity contribution in [1.29, 1.82) is 0 Å². The van der Waals surface area contributed by atoms with Gasteiger partial charge in [-0.2, -0.15) is 0 Å². The van der Waals surface area contributed by atoms with Crippen molar-refractivity contribution in [1.82, 2.24) is 9.97 Å². The summed E-state index contributed by atoms with van der Waals surface area (Å²) in [6.07, 6.45) is 1.86. The van der Waals surface area contributed by atoms with Crippen molar-refractivity contribution in [2.45, 2.75) is 53.0 Å². The number of anilines is 1. The van der Waals surface area contributed by atoms with Crippen LogP contribution in [0.15, 0.2) is 28.2 Å². The van der Waals surface area contributed by atoms with Crippen LogP contribution < -0.4 is 5.32 Å². The van der Waals surface area contributed by atoms with Crippen LogP contribution in [0.25, 0.3) is 10.9 Å². The lowest BCUT2D eigenvalue weighted by Gasteiger charge is -2.24. The van der Waals surface area contributed by atoms with E-state index in [1.807, 2.05) is 13.8 Å². The average Bonchev–Trinajstić information content (AvgIpc) is 2.44. The SMILES string of the molecule is CCc1ccc2c(C)nc(NC3=NC(C)(C)CC(C)=N3)nc2c1. The fourth-order valence-electron chi connectivity index (χ4n) is 2.96. The molecule has 0 aliphatic carbocycles. The highest BCUT2D eigenvalue weighted by atomic mass is 15.2. The van der Waals surface area contributed by atoms with Gasteiger partial charge in [0.15, 0.2) is 0 Å². The highest BCUT2D eigenvalue weighted by Gasteiger charge is 2.23. The van der Waals surface area contributed by atoms with Gasteiger partial charge in [0.2, 0.25) is 11.9 Å². The predicted molar refractivity (Wildman–Crippen MR) is 96.5 cm³/mol. The minimum Gasteiger partial charge on any atom is -0.293 e. The Morgan fingerprint density at radius 2 is 1.96 bits per heavy atom. The number of benzene rings is 1. The number of aromatic nitrogens is 2. The van der Waals surface area contributed by atoms with Gasteiger partial charge in [-0.25, -0.2) is 20.0 Å². The molecule has 1 aromatic carbocycles. The molecule has 3 rings (SSSR count). The summed E-state index contributed by atoms with van der Waals surface area (Å²) in [5.74, 6) is 1.14. The number of guanidine groups is 1. The van der Waals surface area contributed by atoms with Crippen molar-refractivity contribution in [2.24, 2.45) is 9.98 Å². The fourth-order valence-corrected chi connectivity index (χ4v) is 2.96. The highest BCUT2D eigenvalue weighted by Crippen LogP contribution is 2.22. The molecule has 0 bridgehead atoms. The van der Waals surface area contributed by atoms with Crippen LogP contribution in [0, 0.1) is 6.92 Å². The van der Waals surface area contributed by atoms with Crippen molar-refractivity contribution < 1.29 is 0 Å². The Kier molecular flexibility index (Phi) is 3.88. The second-order valence-electron chi connectivity index (χ2n) is 6.73. The maximum atomic E-state index is 4.64. The van der Waals surface area contributed by atoms with E-state index in [-0.39, 0.29) is 5.54 Å². The van der Waals surface area contributed by atoms with Crippen LogP contribution in [0.2, 0.25) is 0 Å². The van der Waals surface area contributed by atoms with Gasteiger partial charge in [0.1, 0.15) is 0 Å². The highest BCUT2D eigenvalue weighted by molar-refractivity contribution is 6.04. The first-order valence-corrected chi connectivity index (χ1v) is 8.04.